The molecule has 3 aliphatic rings. The van der Waals surface area contributed by atoms with E-state index in [1.54, 1.807) is 0 Å². The highest BCUT2D eigenvalue weighted by atomic mass is 16.5. The molecular weight excluding hydrogens is 172 g/mol. The van der Waals surface area contributed by atoms with Crippen LogP contribution in [0.5, 0.6) is 0 Å². The van der Waals surface area contributed by atoms with Crippen LogP contribution in [-0.2, 0) is 4.74 Å². The molecule has 0 N–H and O–H groups in total. The molecule has 3 rings (SSSR count). The van der Waals surface area contributed by atoms with Gasteiger partial charge in [-0.1, -0.05) is 26.8 Å². The van der Waals surface area contributed by atoms with Gasteiger partial charge in [-0.2, -0.15) is 0 Å². The Hall–Kier alpha value is -0.300. The number of ether oxygens (including phenoxy) is 1. The number of hydrogen-bond acceptors (Lipinski definition) is 1. The first-order valence-electron chi connectivity index (χ1n) is 5.71. The van der Waals surface area contributed by atoms with E-state index in [0.29, 0.717) is 10.8 Å². The Morgan fingerprint density at radius 2 is 1.71 bits per heavy atom. The second-order valence-electron chi connectivity index (χ2n) is 6.09. The lowest BCUT2D eigenvalue weighted by Gasteiger charge is -2.57. The molecule has 0 aromatic rings. The average Bonchev–Trinajstić information content (AvgIpc) is 2.19. The van der Waals surface area contributed by atoms with Gasteiger partial charge in [0.2, 0.25) is 0 Å². The predicted molar refractivity (Wildman–Crippen MR) is 59.2 cm³/mol. The normalized spacial score (nSPS) is 42.5. The van der Waals surface area contributed by atoms with Crippen LogP contribution in [0.4, 0.5) is 0 Å². The molecule has 2 heterocycles. The molecule has 80 valence electrons. The van der Waals surface area contributed by atoms with Crippen molar-refractivity contribution in [3.8, 4) is 0 Å². The summed E-state index contributed by atoms with van der Waals surface area (Å²) >= 11 is 0. The maximum Gasteiger partial charge on any atom is 0.0860 e. The van der Waals surface area contributed by atoms with Crippen LogP contribution in [0.25, 0.3) is 0 Å². The Labute approximate surface area is 87.5 Å². The third-order valence-corrected chi connectivity index (χ3v) is 4.65. The Kier molecular flexibility index (Phi) is 2.08. The summed E-state index contributed by atoms with van der Waals surface area (Å²) in [6.07, 6.45) is 6.99. The van der Waals surface area contributed by atoms with Gasteiger partial charge in [-0.05, 0) is 36.5 Å². The molecule has 0 radical (unpaired) electrons. The van der Waals surface area contributed by atoms with Crippen LogP contribution in [-0.4, -0.2) is 12.2 Å². The maximum atomic E-state index is 6.03. The Balaban J connectivity index is 2.21. The quantitative estimate of drug-likeness (QED) is 0.580. The van der Waals surface area contributed by atoms with Crippen LogP contribution in [0.15, 0.2) is 12.7 Å². The van der Waals surface area contributed by atoms with E-state index < -0.39 is 0 Å². The molecule has 2 bridgehead atoms. The van der Waals surface area contributed by atoms with Crippen LogP contribution in [0, 0.1) is 10.8 Å². The van der Waals surface area contributed by atoms with Gasteiger partial charge in [-0.3, -0.25) is 0 Å². The minimum absolute atomic E-state index is 0.0347. The second kappa shape index (κ2) is 2.85. The molecule has 2 aliphatic heterocycles. The van der Waals surface area contributed by atoms with Gasteiger partial charge in [0.15, 0.2) is 0 Å². The molecule has 0 atom stereocenters. The smallest absolute Gasteiger partial charge is 0.0860 e. The summed E-state index contributed by atoms with van der Waals surface area (Å²) in [5.41, 5.74) is 0.839. The molecule has 1 saturated carbocycles. The van der Waals surface area contributed by atoms with Crippen LogP contribution >= 0.6 is 0 Å². The van der Waals surface area contributed by atoms with Gasteiger partial charge in [0, 0.05) is 0 Å². The van der Waals surface area contributed by atoms with Crippen LogP contribution in [0.2, 0.25) is 0 Å². The zero-order chi connectivity index (χ0) is 10.4. The van der Waals surface area contributed by atoms with Gasteiger partial charge >= 0.3 is 0 Å². The van der Waals surface area contributed by atoms with Crippen LogP contribution < -0.4 is 0 Å². The van der Waals surface area contributed by atoms with Crippen molar-refractivity contribution in [1.29, 1.82) is 0 Å². The van der Waals surface area contributed by atoms with E-state index in [1.165, 1.54) is 25.7 Å². The third-order valence-electron chi connectivity index (χ3n) is 4.65. The largest absolute Gasteiger partial charge is 0.370 e. The van der Waals surface area contributed by atoms with Crippen molar-refractivity contribution in [3.63, 3.8) is 0 Å². The summed E-state index contributed by atoms with van der Waals surface area (Å²) in [6.45, 7) is 11.9. The van der Waals surface area contributed by atoms with Crippen LogP contribution in [0.3, 0.4) is 0 Å². The number of fused-ring (bicyclic) bond motifs is 3. The van der Waals surface area contributed by atoms with E-state index in [0.717, 1.165) is 6.61 Å². The predicted octanol–water partition coefficient (Wildman–Crippen LogP) is 3.55. The number of hydrogen-bond donors (Lipinski definition) is 0. The zero-order valence-corrected chi connectivity index (χ0v) is 9.73. The van der Waals surface area contributed by atoms with Gasteiger partial charge in [0.25, 0.3) is 0 Å². The average molecular weight is 194 g/mol. The van der Waals surface area contributed by atoms with Crippen molar-refractivity contribution in [2.45, 2.75) is 52.1 Å². The standard InChI is InChI=1S/C13H22O/c1-5-13-8-6-12(7-9-13,10-14-13)11(2,3)4/h5H,1,6-10H2,2-4H3. The Bertz CT molecular complexity index is 222. The minimum atomic E-state index is 0.0347. The monoisotopic (exact) mass is 194 g/mol. The zero-order valence-electron chi connectivity index (χ0n) is 9.73. The van der Waals surface area contributed by atoms with Gasteiger partial charge in [0.05, 0.1) is 12.2 Å². The third kappa shape index (κ3) is 1.25. The van der Waals surface area contributed by atoms with E-state index in [-0.39, 0.29) is 5.60 Å². The molecule has 2 saturated heterocycles. The first kappa shape index (κ1) is 10.2. The topological polar surface area (TPSA) is 9.23 Å². The molecular formula is C13H22O. The highest BCUT2D eigenvalue weighted by Gasteiger charge is 2.53. The highest BCUT2D eigenvalue weighted by Crippen LogP contribution is 2.57. The Morgan fingerprint density at radius 3 is 2.00 bits per heavy atom. The van der Waals surface area contributed by atoms with Gasteiger partial charge in [-0.15, -0.1) is 6.58 Å². The van der Waals surface area contributed by atoms with Crippen molar-refractivity contribution in [1.82, 2.24) is 0 Å². The SMILES string of the molecule is C=CC12CCC(C(C)(C)C)(CC1)CO2. The van der Waals surface area contributed by atoms with E-state index in [1.807, 2.05) is 6.08 Å². The van der Waals surface area contributed by atoms with Crippen molar-refractivity contribution in [3.05, 3.63) is 12.7 Å². The molecule has 1 aliphatic carbocycles. The first-order chi connectivity index (χ1) is 6.43. The van der Waals surface area contributed by atoms with E-state index >= 15 is 0 Å². The molecule has 0 amide bonds. The lowest BCUT2D eigenvalue weighted by molar-refractivity contribution is -0.192. The highest BCUT2D eigenvalue weighted by molar-refractivity contribution is 5.10. The molecule has 14 heavy (non-hydrogen) atoms. The summed E-state index contributed by atoms with van der Waals surface area (Å²) in [6, 6.07) is 0. The van der Waals surface area contributed by atoms with E-state index in [4.69, 9.17) is 4.74 Å². The van der Waals surface area contributed by atoms with Gasteiger partial charge < -0.3 is 4.74 Å². The molecule has 0 aromatic heterocycles. The summed E-state index contributed by atoms with van der Waals surface area (Å²) in [5, 5.41) is 0. The molecule has 0 unspecified atom stereocenters. The lowest BCUT2D eigenvalue weighted by Crippen LogP contribution is -2.55. The van der Waals surface area contributed by atoms with E-state index in [9.17, 15) is 0 Å². The van der Waals surface area contributed by atoms with Crippen molar-refractivity contribution >= 4 is 0 Å². The summed E-state index contributed by atoms with van der Waals surface area (Å²) in [7, 11) is 0. The molecule has 0 aromatic carbocycles. The van der Waals surface area contributed by atoms with Gasteiger partial charge in [-0.25, -0.2) is 0 Å². The van der Waals surface area contributed by atoms with Crippen molar-refractivity contribution in [2.75, 3.05) is 6.61 Å². The molecule has 0 spiro atoms. The fraction of sp³-hybridized carbons (Fsp3) is 0.846. The second-order valence-corrected chi connectivity index (χ2v) is 6.09. The van der Waals surface area contributed by atoms with E-state index in [2.05, 4.69) is 27.4 Å². The summed E-state index contributed by atoms with van der Waals surface area (Å²) in [4.78, 5) is 0. The maximum absolute atomic E-state index is 6.03. The van der Waals surface area contributed by atoms with Gasteiger partial charge in [0.1, 0.15) is 0 Å². The molecule has 3 fully saturated rings. The van der Waals surface area contributed by atoms with Crippen molar-refractivity contribution < 1.29 is 4.74 Å². The summed E-state index contributed by atoms with van der Waals surface area (Å²) < 4.78 is 6.03. The lowest BCUT2D eigenvalue weighted by atomic mass is 9.55. The first-order valence-corrected chi connectivity index (χ1v) is 5.71. The fourth-order valence-corrected chi connectivity index (χ4v) is 2.95. The van der Waals surface area contributed by atoms with Crippen molar-refractivity contribution in [2.24, 2.45) is 10.8 Å². The Morgan fingerprint density at radius 1 is 1.14 bits per heavy atom. The summed E-state index contributed by atoms with van der Waals surface area (Å²) in [5.74, 6) is 0. The number of rotatable bonds is 1. The van der Waals surface area contributed by atoms with Crippen LogP contribution in [0.1, 0.15) is 46.5 Å². The minimum Gasteiger partial charge on any atom is -0.370 e. The molecule has 1 nitrogen and oxygen atoms in total. The molecule has 1 heteroatoms. The fourth-order valence-electron chi connectivity index (χ4n) is 2.95.